The van der Waals surface area contributed by atoms with Crippen LogP contribution in [-0.4, -0.2) is 9.38 Å². The van der Waals surface area contributed by atoms with E-state index < -0.39 is 0 Å². The lowest BCUT2D eigenvalue weighted by Crippen LogP contribution is -2.19. The van der Waals surface area contributed by atoms with E-state index in [0.717, 1.165) is 22.6 Å². The first kappa shape index (κ1) is 8.44. The van der Waals surface area contributed by atoms with E-state index >= 15 is 0 Å². The lowest BCUT2D eigenvalue weighted by Gasteiger charge is -2.00. The maximum Gasteiger partial charge on any atom is 0.261 e. The van der Waals surface area contributed by atoms with Crippen LogP contribution >= 0.6 is 11.3 Å². The molecular formula is C9H10N2OS. The molecule has 0 N–H and O–H groups in total. The molecule has 0 atom stereocenters. The minimum atomic E-state index is 0.0752. The SMILES string of the molecule is CCc1c(C)nc2sccn2c1=O. The van der Waals surface area contributed by atoms with Gasteiger partial charge >= 0.3 is 0 Å². The van der Waals surface area contributed by atoms with E-state index in [4.69, 9.17) is 0 Å². The van der Waals surface area contributed by atoms with E-state index in [0.29, 0.717) is 0 Å². The topological polar surface area (TPSA) is 34.4 Å². The summed E-state index contributed by atoms with van der Waals surface area (Å²) in [5, 5.41) is 1.88. The standard InChI is InChI=1S/C9H10N2OS/c1-3-7-6(2)10-9-11(8(7)12)4-5-13-9/h4-5H,3H2,1-2H3. The molecule has 2 rings (SSSR count). The number of rotatable bonds is 1. The van der Waals surface area contributed by atoms with Gasteiger partial charge in [-0.25, -0.2) is 4.98 Å². The van der Waals surface area contributed by atoms with Crippen molar-refractivity contribution in [1.82, 2.24) is 9.38 Å². The van der Waals surface area contributed by atoms with Crippen LogP contribution in [0.2, 0.25) is 0 Å². The summed E-state index contributed by atoms with van der Waals surface area (Å²) in [5.74, 6) is 0. The Labute approximate surface area is 79.7 Å². The van der Waals surface area contributed by atoms with Gasteiger partial charge in [-0.15, -0.1) is 11.3 Å². The molecule has 0 saturated heterocycles. The normalized spacial score (nSPS) is 10.9. The molecule has 3 nitrogen and oxygen atoms in total. The van der Waals surface area contributed by atoms with Crippen LogP contribution in [0.1, 0.15) is 18.2 Å². The molecule has 0 aromatic carbocycles. The highest BCUT2D eigenvalue weighted by Gasteiger charge is 2.07. The number of hydrogen-bond donors (Lipinski definition) is 0. The van der Waals surface area contributed by atoms with Gasteiger partial charge in [0.05, 0.1) is 0 Å². The van der Waals surface area contributed by atoms with Gasteiger partial charge in [0, 0.05) is 22.8 Å². The van der Waals surface area contributed by atoms with Crippen molar-refractivity contribution < 1.29 is 0 Å². The van der Waals surface area contributed by atoms with E-state index in [9.17, 15) is 4.79 Å². The first-order chi connectivity index (χ1) is 6.24. The zero-order chi connectivity index (χ0) is 9.42. The highest BCUT2D eigenvalue weighted by atomic mass is 32.1. The van der Waals surface area contributed by atoms with Crippen LogP contribution in [0, 0.1) is 6.92 Å². The van der Waals surface area contributed by atoms with E-state index in [-0.39, 0.29) is 5.56 Å². The molecule has 13 heavy (non-hydrogen) atoms. The largest absolute Gasteiger partial charge is 0.269 e. The van der Waals surface area contributed by atoms with Crippen LogP contribution in [-0.2, 0) is 6.42 Å². The molecule has 0 aliphatic heterocycles. The van der Waals surface area contributed by atoms with Gasteiger partial charge in [-0.05, 0) is 13.3 Å². The minimum absolute atomic E-state index is 0.0752. The summed E-state index contributed by atoms with van der Waals surface area (Å²) in [4.78, 5) is 16.9. The van der Waals surface area contributed by atoms with Crippen molar-refractivity contribution >= 4 is 16.3 Å². The molecule has 0 aliphatic rings. The Morgan fingerprint density at radius 3 is 3.08 bits per heavy atom. The quantitative estimate of drug-likeness (QED) is 0.691. The predicted molar refractivity (Wildman–Crippen MR) is 53.5 cm³/mol. The molecule has 0 saturated carbocycles. The second-order valence-corrected chi connectivity index (χ2v) is 3.76. The Morgan fingerprint density at radius 1 is 1.62 bits per heavy atom. The molecule has 68 valence electrons. The molecule has 2 heterocycles. The second kappa shape index (κ2) is 2.96. The van der Waals surface area contributed by atoms with E-state index in [1.165, 1.54) is 11.3 Å². The maximum atomic E-state index is 11.8. The molecule has 2 aromatic heterocycles. The van der Waals surface area contributed by atoms with Crippen LogP contribution in [0.3, 0.4) is 0 Å². The zero-order valence-corrected chi connectivity index (χ0v) is 8.39. The van der Waals surface area contributed by atoms with Crippen LogP contribution < -0.4 is 5.56 Å². The fourth-order valence-electron chi connectivity index (χ4n) is 1.43. The first-order valence-corrected chi connectivity index (χ1v) is 5.07. The van der Waals surface area contributed by atoms with Crippen molar-refractivity contribution in [2.75, 3.05) is 0 Å². The summed E-state index contributed by atoms with van der Waals surface area (Å²) in [6, 6.07) is 0. The summed E-state index contributed by atoms with van der Waals surface area (Å²) < 4.78 is 1.61. The Bertz CT molecular complexity index is 498. The van der Waals surface area contributed by atoms with Gasteiger partial charge in [0.1, 0.15) is 0 Å². The molecule has 0 radical (unpaired) electrons. The van der Waals surface area contributed by atoms with Gasteiger partial charge in [-0.1, -0.05) is 6.92 Å². The average Bonchev–Trinajstić information content (AvgIpc) is 2.53. The van der Waals surface area contributed by atoms with Crippen molar-refractivity contribution in [1.29, 1.82) is 0 Å². The third-order valence-electron chi connectivity index (χ3n) is 2.12. The Morgan fingerprint density at radius 2 is 2.38 bits per heavy atom. The third-order valence-corrected chi connectivity index (χ3v) is 2.88. The highest BCUT2D eigenvalue weighted by molar-refractivity contribution is 7.15. The van der Waals surface area contributed by atoms with Crippen LogP contribution in [0.15, 0.2) is 16.4 Å². The number of hydrogen-bond acceptors (Lipinski definition) is 3. The zero-order valence-electron chi connectivity index (χ0n) is 7.57. The van der Waals surface area contributed by atoms with Gasteiger partial charge in [-0.2, -0.15) is 0 Å². The van der Waals surface area contributed by atoms with E-state index in [1.807, 2.05) is 19.2 Å². The smallest absolute Gasteiger partial charge is 0.261 e. The summed E-state index contributed by atoms with van der Waals surface area (Å²) in [6.45, 7) is 3.87. The van der Waals surface area contributed by atoms with Crippen molar-refractivity contribution in [3.8, 4) is 0 Å². The fourth-order valence-corrected chi connectivity index (χ4v) is 2.18. The molecule has 2 aromatic rings. The molecular weight excluding hydrogens is 184 g/mol. The Hall–Kier alpha value is -1.16. The fraction of sp³-hybridized carbons (Fsp3) is 0.333. The lowest BCUT2D eigenvalue weighted by atomic mass is 10.2. The summed E-state index contributed by atoms with van der Waals surface area (Å²) in [5.41, 5.74) is 1.75. The Kier molecular flexibility index (Phi) is 1.92. The van der Waals surface area contributed by atoms with Crippen LogP contribution in [0.25, 0.3) is 4.96 Å². The van der Waals surface area contributed by atoms with Crippen molar-refractivity contribution in [3.05, 3.63) is 33.2 Å². The number of thiazole rings is 1. The summed E-state index contributed by atoms with van der Waals surface area (Å²) in [6.07, 6.45) is 2.52. The summed E-state index contributed by atoms with van der Waals surface area (Å²) >= 11 is 1.49. The third kappa shape index (κ3) is 1.18. The van der Waals surface area contributed by atoms with Gasteiger partial charge in [0.25, 0.3) is 5.56 Å². The van der Waals surface area contributed by atoms with E-state index in [1.54, 1.807) is 10.6 Å². The molecule has 0 unspecified atom stereocenters. The molecule has 0 bridgehead atoms. The highest BCUT2D eigenvalue weighted by Crippen LogP contribution is 2.09. The monoisotopic (exact) mass is 194 g/mol. The van der Waals surface area contributed by atoms with Gasteiger partial charge in [0.2, 0.25) is 0 Å². The van der Waals surface area contributed by atoms with Crippen LogP contribution in [0.5, 0.6) is 0 Å². The predicted octanol–water partition coefficient (Wildman–Crippen LogP) is 1.63. The minimum Gasteiger partial charge on any atom is -0.269 e. The Balaban J connectivity index is 2.93. The molecule has 0 amide bonds. The van der Waals surface area contributed by atoms with E-state index in [2.05, 4.69) is 4.98 Å². The van der Waals surface area contributed by atoms with Crippen molar-refractivity contribution in [2.45, 2.75) is 20.3 Å². The molecule has 0 aliphatic carbocycles. The second-order valence-electron chi connectivity index (χ2n) is 2.89. The van der Waals surface area contributed by atoms with Crippen LogP contribution in [0.4, 0.5) is 0 Å². The molecule has 0 fully saturated rings. The number of aromatic nitrogens is 2. The first-order valence-electron chi connectivity index (χ1n) is 4.19. The lowest BCUT2D eigenvalue weighted by molar-refractivity contribution is 0.952. The van der Waals surface area contributed by atoms with Gasteiger partial charge < -0.3 is 0 Å². The van der Waals surface area contributed by atoms with Gasteiger partial charge in [-0.3, -0.25) is 9.20 Å². The molecule has 4 heteroatoms. The molecule has 0 spiro atoms. The number of nitrogens with zero attached hydrogens (tertiary/aromatic N) is 2. The van der Waals surface area contributed by atoms with Crippen molar-refractivity contribution in [3.63, 3.8) is 0 Å². The van der Waals surface area contributed by atoms with Crippen molar-refractivity contribution in [2.24, 2.45) is 0 Å². The average molecular weight is 194 g/mol. The van der Waals surface area contributed by atoms with Gasteiger partial charge in [0.15, 0.2) is 4.96 Å². The number of aryl methyl sites for hydroxylation is 1. The maximum absolute atomic E-state index is 11.8. The summed E-state index contributed by atoms with van der Waals surface area (Å²) in [7, 11) is 0. The number of fused-ring (bicyclic) bond motifs is 1.